The zero-order chi connectivity index (χ0) is 20.8. The van der Waals surface area contributed by atoms with Crippen LogP contribution in [0.25, 0.3) is 0 Å². The topological polar surface area (TPSA) is 86.7 Å². The monoisotopic (exact) mass is 394 g/mol. The number of carboxylic acid groups (broad SMARTS) is 1. The Hall–Kier alpha value is -3.15. The van der Waals surface area contributed by atoms with Crippen molar-refractivity contribution in [1.29, 1.82) is 0 Å². The number of benzene rings is 2. The number of hydrogen-bond donors (Lipinski definition) is 2. The van der Waals surface area contributed by atoms with Crippen molar-refractivity contribution < 1.29 is 19.5 Å². The van der Waals surface area contributed by atoms with Crippen molar-refractivity contribution in [1.82, 2.24) is 10.2 Å². The van der Waals surface area contributed by atoms with Gasteiger partial charge >= 0.3 is 5.97 Å². The van der Waals surface area contributed by atoms with Gasteiger partial charge < -0.3 is 15.3 Å². The fraction of sp³-hybridized carbons (Fsp3) is 0.348. The minimum atomic E-state index is -0.973. The summed E-state index contributed by atoms with van der Waals surface area (Å²) in [6.45, 7) is 2.93. The minimum Gasteiger partial charge on any atom is -0.481 e. The Labute approximate surface area is 170 Å². The van der Waals surface area contributed by atoms with Gasteiger partial charge in [0.25, 0.3) is 5.91 Å². The predicted octanol–water partition coefficient (Wildman–Crippen LogP) is 3.18. The molecular formula is C23H26N2O4. The van der Waals surface area contributed by atoms with E-state index in [0.29, 0.717) is 25.1 Å². The lowest BCUT2D eigenvalue weighted by Gasteiger charge is -2.33. The van der Waals surface area contributed by atoms with Crippen LogP contribution in [0.4, 0.5) is 0 Å². The number of hydrogen-bond acceptors (Lipinski definition) is 3. The average Bonchev–Trinajstić information content (AvgIpc) is 2.73. The van der Waals surface area contributed by atoms with Crippen LogP contribution in [0.5, 0.6) is 0 Å². The maximum absolute atomic E-state index is 12.9. The first-order valence-corrected chi connectivity index (χ1v) is 9.87. The Morgan fingerprint density at radius 3 is 2.45 bits per heavy atom. The molecule has 0 radical (unpaired) electrons. The number of carbonyl (C=O) groups is 3. The highest BCUT2D eigenvalue weighted by Gasteiger charge is 2.30. The van der Waals surface area contributed by atoms with Gasteiger partial charge in [-0.15, -0.1) is 0 Å². The molecule has 2 N–H and O–H groups in total. The molecule has 0 saturated carbocycles. The zero-order valence-corrected chi connectivity index (χ0v) is 16.5. The van der Waals surface area contributed by atoms with Crippen molar-refractivity contribution in [2.24, 2.45) is 5.92 Å². The number of carboxylic acids is 1. The maximum Gasteiger partial charge on any atom is 0.305 e. The number of piperidine rings is 1. The van der Waals surface area contributed by atoms with Crippen LogP contribution in [0, 0.1) is 12.8 Å². The highest BCUT2D eigenvalue weighted by atomic mass is 16.4. The average molecular weight is 394 g/mol. The summed E-state index contributed by atoms with van der Waals surface area (Å²) in [7, 11) is 0. The lowest BCUT2D eigenvalue weighted by molar-refractivity contribution is -0.138. The van der Waals surface area contributed by atoms with Crippen LogP contribution in [0.1, 0.15) is 46.8 Å². The largest absolute Gasteiger partial charge is 0.481 e. The van der Waals surface area contributed by atoms with Crippen molar-refractivity contribution in [2.45, 2.75) is 32.2 Å². The van der Waals surface area contributed by atoms with Crippen LogP contribution in [-0.4, -0.2) is 40.9 Å². The first-order chi connectivity index (χ1) is 13.9. The molecule has 0 bridgehead atoms. The number of amides is 2. The number of aryl methyl sites for hydroxylation is 1. The SMILES string of the molecule is Cc1ccc(C(=O)N2CCCC(C(=O)NC(CC(=O)O)c3ccccc3)C2)cc1. The summed E-state index contributed by atoms with van der Waals surface area (Å²) in [6.07, 6.45) is 1.23. The summed E-state index contributed by atoms with van der Waals surface area (Å²) in [5.41, 5.74) is 2.46. The third-order valence-electron chi connectivity index (χ3n) is 5.28. The molecule has 3 rings (SSSR count). The van der Waals surface area contributed by atoms with Crippen molar-refractivity contribution in [2.75, 3.05) is 13.1 Å². The molecule has 0 aromatic heterocycles. The van der Waals surface area contributed by atoms with Crippen LogP contribution in [0.15, 0.2) is 54.6 Å². The molecule has 6 nitrogen and oxygen atoms in total. The Balaban J connectivity index is 1.67. The smallest absolute Gasteiger partial charge is 0.305 e. The third kappa shape index (κ3) is 5.44. The molecule has 1 aliphatic heterocycles. The van der Waals surface area contributed by atoms with Gasteiger partial charge in [0.1, 0.15) is 0 Å². The van der Waals surface area contributed by atoms with Gasteiger partial charge in [0.15, 0.2) is 0 Å². The van der Waals surface area contributed by atoms with E-state index in [2.05, 4.69) is 5.32 Å². The normalized spacial score (nSPS) is 17.4. The fourth-order valence-corrected chi connectivity index (χ4v) is 3.66. The van der Waals surface area contributed by atoms with E-state index < -0.39 is 12.0 Å². The first kappa shape index (κ1) is 20.6. The Morgan fingerprint density at radius 1 is 1.10 bits per heavy atom. The molecule has 2 atom stereocenters. The number of rotatable bonds is 6. The van der Waals surface area contributed by atoms with Crippen LogP contribution < -0.4 is 5.32 Å². The number of nitrogens with one attached hydrogen (secondary N) is 1. The van der Waals surface area contributed by atoms with Gasteiger partial charge in [-0.25, -0.2) is 0 Å². The lowest BCUT2D eigenvalue weighted by atomic mass is 9.95. The van der Waals surface area contributed by atoms with Crippen molar-refractivity contribution in [3.05, 3.63) is 71.3 Å². The molecule has 152 valence electrons. The van der Waals surface area contributed by atoms with Gasteiger partial charge in [0.05, 0.1) is 18.4 Å². The van der Waals surface area contributed by atoms with Crippen molar-refractivity contribution >= 4 is 17.8 Å². The molecule has 1 heterocycles. The van der Waals surface area contributed by atoms with Crippen LogP contribution in [-0.2, 0) is 9.59 Å². The summed E-state index contributed by atoms with van der Waals surface area (Å²) in [6, 6.07) is 15.9. The molecule has 0 aliphatic carbocycles. The molecule has 2 aromatic carbocycles. The Bertz CT molecular complexity index is 864. The van der Waals surface area contributed by atoms with Gasteiger partial charge in [-0.3, -0.25) is 14.4 Å². The third-order valence-corrected chi connectivity index (χ3v) is 5.28. The molecule has 6 heteroatoms. The highest BCUT2D eigenvalue weighted by Crippen LogP contribution is 2.22. The molecule has 1 saturated heterocycles. The van der Waals surface area contributed by atoms with Gasteiger partial charge in [-0.1, -0.05) is 48.0 Å². The van der Waals surface area contributed by atoms with Gasteiger partial charge in [0.2, 0.25) is 5.91 Å². The summed E-state index contributed by atoms with van der Waals surface area (Å²) in [4.78, 5) is 38.6. The van der Waals surface area contributed by atoms with E-state index in [-0.39, 0.29) is 24.2 Å². The summed E-state index contributed by atoms with van der Waals surface area (Å²) >= 11 is 0. The van der Waals surface area contributed by atoms with E-state index in [9.17, 15) is 19.5 Å². The molecule has 29 heavy (non-hydrogen) atoms. The summed E-state index contributed by atoms with van der Waals surface area (Å²) in [5.74, 6) is -1.61. The minimum absolute atomic E-state index is 0.0763. The van der Waals surface area contributed by atoms with Crippen molar-refractivity contribution in [3.63, 3.8) is 0 Å². The molecule has 1 fully saturated rings. The van der Waals surface area contributed by atoms with E-state index >= 15 is 0 Å². The second kappa shape index (κ2) is 9.37. The van der Waals surface area contributed by atoms with Gasteiger partial charge in [0, 0.05) is 18.7 Å². The highest BCUT2D eigenvalue weighted by molar-refractivity contribution is 5.94. The van der Waals surface area contributed by atoms with E-state index in [1.165, 1.54) is 0 Å². The predicted molar refractivity (Wildman–Crippen MR) is 109 cm³/mol. The second-order valence-electron chi connectivity index (χ2n) is 7.53. The molecule has 2 amide bonds. The zero-order valence-electron chi connectivity index (χ0n) is 16.5. The van der Waals surface area contributed by atoms with Crippen LogP contribution in [0.3, 0.4) is 0 Å². The van der Waals surface area contributed by atoms with Gasteiger partial charge in [-0.05, 0) is 37.5 Å². The molecule has 2 aromatic rings. The second-order valence-corrected chi connectivity index (χ2v) is 7.53. The quantitative estimate of drug-likeness (QED) is 0.788. The number of nitrogens with zero attached hydrogens (tertiary/aromatic N) is 1. The standard InChI is InChI=1S/C23H26N2O4/c1-16-9-11-18(12-10-16)23(29)25-13-5-8-19(15-25)22(28)24-20(14-21(26)27)17-6-3-2-4-7-17/h2-4,6-7,9-12,19-20H,5,8,13-15H2,1H3,(H,24,28)(H,26,27). The molecule has 0 spiro atoms. The Kier molecular flexibility index (Phi) is 6.65. The molecule has 1 aliphatic rings. The first-order valence-electron chi connectivity index (χ1n) is 9.87. The number of likely N-dealkylation sites (tertiary alicyclic amines) is 1. The van der Waals surface area contributed by atoms with E-state index in [1.54, 1.807) is 17.0 Å². The molecule has 2 unspecified atom stereocenters. The molecular weight excluding hydrogens is 368 g/mol. The number of carbonyl (C=O) groups excluding carboxylic acids is 2. The number of aliphatic carboxylic acids is 1. The van der Waals surface area contributed by atoms with Crippen LogP contribution >= 0.6 is 0 Å². The van der Waals surface area contributed by atoms with Crippen molar-refractivity contribution in [3.8, 4) is 0 Å². The summed E-state index contributed by atoms with van der Waals surface area (Å²) in [5, 5.41) is 12.1. The maximum atomic E-state index is 12.9. The lowest BCUT2D eigenvalue weighted by Crippen LogP contribution is -2.46. The summed E-state index contributed by atoms with van der Waals surface area (Å²) < 4.78 is 0. The fourth-order valence-electron chi connectivity index (χ4n) is 3.66. The van der Waals surface area contributed by atoms with E-state index in [1.807, 2.05) is 49.4 Å². The Morgan fingerprint density at radius 2 is 1.79 bits per heavy atom. The van der Waals surface area contributed by atoms with E-state index in [4.69, 9.17) is 0 Å². The van der Waals surface area contributed by atoms with Gasteiger partial charge in [-0.2, -0.15) is 0 Å². The van der Waals surface area contributed by atoms with Crippen LogP contribution in [0.2, 0.25) is 0 Å². The van der Waals surface area contributed by atoms with E-state index in [0.717, 1.165) is 17.5 Å².